The quantitative estimate of drug-likeness (QED) is 0.601. The topological polar surface area (TPSA) is 87.7 Å². The van der Waals surface area contributed by atoms with Crippen LogP contribution in [0.3, 0.4) is 0 Å². The number of sulfone groups is 1. The van der Waals surface area contributed by atoms with Gasteiger partial charge in [-0.3, -0.25) is 9.78 Å². The average molecular weight is 484 g/mol. The normalized spacial score (nSPS) is 17.1. The van der Waals surface area contributed by atoms with E-state index in [1.165, 1.54) is 4.90 Å². The molecule has 1 saturated heterocycles. The zero-order valence-electron chi connectivity index (χ0n) is 18.8. The van der Waals surface area contributed by atoms with Gasteiger partial charge in [0.2, 0.25) is 0 Å². The van der Waals surface area contributed by atoms with Crippen molar-refractivity contribution in [3.8, 4) is 0 Å². The summed E-state index contributed by atoms with van der Waals surface area (Å²) in [5, 5.41) is 0. The van der Waals surface area contributed by atoms with Crippen LogP contribution < -0.4 is 4.90 Å². The summed E-state index contributed by atoms with van der Waals surface area (Å²) in [4.78, 5) is 31.8. The molecular weight excluding hydrogens is 459 g/mol. The summed E-state index contributed by atoms with van der Waals surface area (Å²) in [7, 11) is -5.54. The first-order valence-corrected chi connectivity index (χ1v) is 11.5. The lowest BCUT2D eigenvalue weighted by molar-refractivity contribution is -0.123. The van der Waals surface area contributed by atoms with Crippen LogP contribution in [-0.2, 0) is 26.6 Å². The van der Waals surface area contributed by atoms with Gasteiger partial charge in [-0.2, -0.15) is 13.2 Å². The lowest BCUT2D eigenvalue weighted by atomic mass is 9.90. The van der Waals surface area contributed by atoms with Crippen LogP contribution in [0.2, 0.25) is 0 Å². The Morgan fingerprint density at radius 2 is 1.58 bits per heavy atom. The van der Waals surface area contributed by atoms with Crippen LogP contribution in [0.5, 0.6) is 0 Å². The summed E-state index contributed by atoms with van der Waals surface area (Å²) in [6, 6.07) is 6.41. The maximum Gasteiger partial charge on any atom is 0.501 e. The van der Waals surface area contributed by atoms with Crippen LogP contribution in [0, 0.1) is 0 Å². The fourth-order valence-corrected chi connectivity index (χ4v) is 4.16. The second-order valence-corrected chi connectivity index (χ2v) is 11.3. The number of halogens is 3. The highest BCUT2D eigenvalue weighted by atomic mass is 32.2. The molecule has 0 atom stereocenters. The number of hydrogen-bond acceptors (Lipinski definition) is 5. The van der Waals surface area contributed by atoms with Gasteiger partial charge in [0.05, 0.1) is 10.6 Å². The predicted octanol–water partition coefficient (Wildman–Crippen LogP) is 4.42. The minimum absolute atomic E-state index is 0.0215. The van der Waals surface area contributed by atoms with E-state index in [4.69, 9.17) is 0 Å². The SMILES string of the molecule is CC(C)(C)c1cc(CN2C(=O)N(c3ccc(S(=O)(=O)C(F)(F)F)cc3)C(=O)C2(C)C)ccn1. The smallest absolute Gasteiger partial charge is 0.305 e. The molecule has 2 heterocycles. The highest BCUT2D eigenvalue weighted by Crippen LogP contribution is 2.35. The van der Waals surface area contributed by atoms with Gasteiger partial charge in [-0.15, -0.1) is 0 Å². The Hall–Kier alpha value is -2.95. The summed E-state index contributed by atoms with van der Waals surface area (Å²) in [6.07, 6.45) is 1.63. The maximum atomic E-state index is 13.2. The lowest BCUT2D eigenvalue weighted by Gasteiger charge is -2.28. The van der Waals surface area contributed by atoms with Crippen LogP contribution >= 0.6 is 0 Å². The maximum absolute atomic E-state index is 13.2. The molecule has 1 aromatic carbocycles. The number of pyridine rings is 1. The molecule has 1 aromatic heterocycles. The number of hydrogen-bond donors (Lipinski definition) is 0. The van der Waals surface area contributed by atoms with Gasteiger partial charge in [0.15, 0.2) is 0 Å². The molecule has 3 rings (SSSR count). The van der Waals surface area contributed by atoms with E-state index in [1.54, 1.807) is 26.1 Å². The Balaban J connectivity index is 1.93. The Morgan fingerprint density at radius 3 is 2.09 bits per heavy atom. The van der Waals surface area contributed by atoms with Gasteiger partial charge in [-0.05, 0) is 55.8 Å². The fourth-order valence-electron chi connectivity index (χ4n) is 3.40. The monoisotopic (exact) mass is 483 g/mol. The minimum atomic E-state index is -5.54. The van der Waals surface area contributed by atoms with Crippen LogP contribution in [0.4, 0.5) is 23.7 Å². The molecule has 7 nitrogen and oxygen atoms in total. The number of urea groups is 1. The first kappa shape index (κ1) is 24.7. The highest BCUT2D eigenvalue weighted by molar-refractivity contribution is 7.92. The summed E-state index contributed by atoms with van der Waals surface area (Å²) in [6.45, 7) is 9.25. The van der Waals surface area contributed by atoms with Crippen molar-refractivity contribution in [2.45, 2.75) is 62.5 Å². The van der Waals surface area contributed by atoms with Gasteiger partial charge >= 0.3 is 11.5 Å². The molecule has 0 aliphatic carbocycles. The number of anilines is 1. The molecule has 0 N–H and O–H groups in total. The van der Waals surface area contributed by atoms with Crippen molar-refractivity contribution in [2.24, 2.45) is 0 Å². The van der Waals surface area contributed by atoms with Crippen molar-refractivity contribution in [3.05, 3.63) is 53.9 Å². The van der Waals surface area contributed by atoms with E-state index in [1.807, 2.05) is 26.8 Å². The molecule has 1 aliphatic rings. The van der Waals surface area contributed by atoms with E-state index in [0.717, 1.165) is 40.4 Å². The molecule has 0 spiro atoms. The number of benzene rings is 1. The van der Waals surface area contributed by atoms with E-state index in [0.29, 0.717) is 0 Å². The molecule has 11 heteroatoms. The molecule has 3 amide bonds. The Morgan fingerprint density at radius 1 is 1.00 bits per heavy atom. The van der Waals surface area contributed by atoms with E-state index < -0.39 is 37.7 Å². The summed E-state index contributed by atoms with van der Waals surface area (Å²) >= 11 is 0. The van der Waals surface area contributed by atoms with Gasteiger partial charge in [0, 0.05) is 23.9 Å². The summed E-state index contributed by atoms with van der Waals surface area (Å²) < 4.78 is 61.5. The first-order valence-electron chi connectivity index (χ1n) is 10.0. The van der Waals surface area contributed by atoms with E-state index in [9.17, 15) is 31.2 Å². The van der Waals surface area contributed by atoms with Gasteiger partial charge < -0.3 is 4.90 Å². The molecular formula is C22H24F3N3O4S. The van der Waals surface area contributed by atoms with E-state index in [2.05, 4.69) is 4.98 Å². The number of carbonyl (C=O) groups is 2. The molecule has 0 unspecified atom stereocenters. The average Bonchev–Trinajstić information content (AvgIpc) is 2.86. The predicted molar refractivity (Wildman–Crippen MR) is 115 cm³/mol. The Kier molecular flexibility index (Phi) is 5.85. The molecule has 0 saturated carbocycles. The van der Waals surface area contributed by atoms with Crippen molar-refractivity contribution in [3.63, 3.8) is 0 Å². The number of carbonyl (C=O) groups excluding carboxylic acids is 2. The second-order valence-electron chi connectivity index (χ2n) is 9.31. The van der Waals surface area contributed by atoms with Crippen LogP contribution in [0.15, 0.2) is 47.5 Å². The van der Waals surface area contributed by atoms with Crippen molar-refractivity contribution < 1.29 is 31.2 Å². The number of aromatic nitrogens is 1. The molecule has 0 radical (unpaired) electrons. The zero-order valence-corrected chi connectivity index (χ0v) is 19.6. The number of amides is 3. The third-order valence-corrected chi connectivity index (χ3v) is 6.97. The Labute approximate surface area is 190 Å². The summed E-state index contributed by atoms with van der Waals surface area (Å²) in [5.74, 6) is -0.580. The molecule has 33 heavy (non-hydrogen) atoms. The standard InChI is InChI=1S/C22H24F3N3O4S/c1-20(2,3)17-12-14(10-11-26-17)13-27-19(30)28(18(29)21(27,4)5)15-6-8-16(9-7-15)33(31,32)22(23,24)25/h6-12H,13H2,1-5H3. The fraction of sp³-hybridized carbons (Fsp3) is 0.409. The molecule has 2 aromatic rings. The van der Waals surface area contributed by atoms with Crippen molar-refractivity contribution >= 4 is 27.5 Å². The third kappa shape index (κ3) is 4.33. The largest absolute Gasteiger partial charge is 0.501 e. The number of rotatable bonds is 4. The minimum Gasteiger partial charge on any atom is -0.305 e. The lowest BCUT2D eigenvalue weighted by Crippen LogP contribution is -2.43. The van der Waals surface area contributed by atoms with Gasteiger partial charge in [0.1, 0.15) is 5.54 Å². The molecule has 0 bridgehead atoms. The van der Waals surface area contributed by atoms with E-state index >= 15 is 0 Å². The number of nitrogens with zero attached hydrogens (tertiary/aromatic N) is 3. The van der Waals surface area contributed by atoms with Gasteiger partial charge in [-0.1, -0.05) is 20.8 Å². The summed E-state index contributed by atoms with van der Waals surface area (Å²) in [5.41, 5.74) is -5.36. The van der Waals surface area contributed by atoms with Crippen LogP contribution in [0.25, 0.3) is 0 Å². The molecule has 1 fully saturated rings. The van der Waals surface area contributed by atoms with Crippen LogP contribution in [-0.4, -0.2) is 41.3 Å². The first-order chi connectivity index (χ1) is 15.0. The molecule has 178 valence electrons. The van der Waals surface area contributed by atoms with Crippen molar-refractivity contribution in [1.82, 2.24) is 9.88 Å². The van der Waals surface area contributed by atoms with Gasteiger partial charge in [0.25, 0.3) is 15.7 Å². The third-order valence-electron chi connectivity index (χ3n) is 5.47. The number of alkyl halides is 3. The van der Waals surface area contributed by atoms with Gasteiger partial charge in [-0.25, -0.2) is 18.1 Å². The highest BCUT2D eigenvalue weighted by Gasteiger charge is 2.52. The van der Waals surface area contributed by atoms with Crippen molar-refractivity contribution in [2.75, 3.05) is 4.90 Å². The van der Waals surface area contributed by atoms with E-state index in [-0.39, 0.29) is 17.6 Å². The van der Waals surface area contributed by atoms with Crippen molar-refractivity contribution in [1.29, 1.82) is 0 Å². The molecule has 1 aliphatic heterocycles. The van der Waals surface area contributed by atoms with Crippen LogP contribution in [0.1, 0.15) is 45.9 Å². The number of imide groups is 1. The second kappa shape index (κ2) is 7.82. The Bertz CT molecular complexity index is 1200. The zero-order chi connectivity index (χ0) is 25.0.